The molecule has 4 atom stereocenters. The average Bonchev–Trinajstić information content (AvgIpc) is 2.95. The van der Waals surface area contributed by atoms with Crippen LogP contribution < -0.4 is 5.32 Å². The molecule has 1 amide bonds. The molecule has 1 fully saturated rings. The second kappa shape index (κ2) is 8.97. The number of hydrogen-bond donors (Lipinski definition) is 2. The van der Waals surface area contributed by atoms with E-state index in [-0.39, 0.29) is 30.7 Å². The standard InChI is InChI=1S/C21H33NO6/c1-6-14-7-15-9-21(10-17(23)24,16(15)8-14)11-22-20(26)28-19(13(4)5)27-18(25)12(2)3/h8,12-13,15-16,19H,6-7,9-11H2,1-5H3,(H,22,26)(H,23,24)/t15-,16-,19+,21-/m1/s1. The van der Waals surface area contributed by atoms with Crippen molar-refractivity contribution in [2.24, 2.45) is 29.1 Å². The summed E-state index contributed by atoms with van der Waals surface area (Å²) in [6.07, 6.45) is 3.32. The van der Waals surface area contributed by atoms with Crippen molar-refractivity contribution < 1.29 is 29.0 Å². The predicted octanol–water partition coefficient (Wildman–Crippen LogP) is 3.73. The van der Waals surface area contributed by atoms with E-state index < -0.39 is 29.7 Å². The zero-order valence-corrected chi connectivity index (χ0v) is 17.5. The highest BCUT2D eigenvalue weighted by atomic mass is 16.7. The van der Waals surface area contributed by atoms with Gasteiger partial charge in [-0.05, 0) is 31.1 Å². The Bertz CT molecular complexity index is 641. The minimum absolute atomic E-state index is 0.0118. The molecule has 0 aliphatic heterocycles. The lowest BCUT2D eigenvalue weighted by Crippen LogP contribution is -2.53. The van der Waals surface area contributed by atoms with Crippen molar-refractivity contribution in [3.05, 3.63) is 11.6 Å². The fraction of sp³-hybridized carbons (Fsp3) is 0.762. The smallest absolute Gasteiger partial charge is 0.410 e. The van der Waals surface area contributed by atoms with Gasteiger partial charge in [-0.3, -0.25) is 9.59 Å². The van der Waals surface area contributed by atoms with E-state index in [9.17, 15) is 19.5 Å². The number of carboxylic acids is 1. The predicted molar refractivity (Wildman–Crippen MR) is 103 cm³/mol. The van der Waals surface area contributed by atoms with Crippen molar-refractivity contribution in [1.82, 2.24) is 5.32 Å². The molecule has 2 aliphatic rings. The van der Waals surface area contributed by atoms with Crippen LogP contribution in [0.3, 0.4) is 0 Å². The van der Waals surface area contributed by atoms with E-state index in [1.807, 2.05) is 0 Å². The highest BCUT2D eigenvalue weighted by Gasteiger charge is 2.55. The number of esters is 1. The number of amides is 1. The maximum atomic E-state index is 12.3. The zero-order chi connectivity index (χ0) is 21.1. The van der Waals surface area contributed by atoms with Gasteiger partial charge in [0.25, 0.3) is 6.29 Å². The van der Waals surface area contributed by atoms with Crippen molar-refractivity contribution in [2.45, 2.75) is 66.6 Å². The molecule has 0 aromatic heterocycles. The summed E-state index contributed by atoms with van der Waals surface area (Å²) in [5.74, 6) is -1.15. The van der Waals surface area contributed by atoms with E-state index in [1.165, 1.54) is 5.57 Å². The van der Waals surface area contributed by atoms with Crippen LogP contribution in [0, 0.1) is 29.1 Å². The molecule has 1 saturated carbocycles. The van der Waals surface area contributed by atoms with Crippen LogP contribution in [0.2, 0.25) is 0 Å². The Kier molecular flexibility index (Phi) is 7.12. The summed E-state index contributed by atoms with van der Waals surface area (Å²) in [6.45, 7) is 9.35. The summed E-state index contributed by atoms with van der Waals surface area (Å²) in [4.78, 5) is 35.5. The molecule has 2 rings (SSSR count). The molecule has 0 radical (unpaired) electrons. The molecule has 0 unspecified atom stereocenters. The second-order valence-electron chi connectivity index (χ2n) is 8.77. The number of rotatable bonds is 9. The van der Waals surface area contributed by atoms with Gasteiger partial charge in [0, 0.05) is 17.9 Å². The fourth-order valence-corrected chi connectivity index (χ4v) is 4.24. The first-order valence-corrected chi connectivity index (χ1v) is 10.1. The Hall–Kier alpha value is -2.05. The quantitative estimate of drug-likeness (QED) is 0.350. The Balaban J connectivity index is 1.97. The molecular weight excluding hydrogens is 362 g/mol. The van der Waals surface area contributed by atoms with Crippen molar-refractivity contribution in [3.63, 3.8) is 0 Å². The molecule has 0 aromatic rings. The zero-order valence-electron chi connectivity index (χ0n) is 17.5. The number of nitrogens with one attached hydrogen (secondary N) is 1. The molecule has 0 heterocycles. The Morgan fingerprint density at radius 2 is 1.93 bits per heavy atom. The summed E-state index contributed by atoms with van der Waals surface area (Å²) in [5.41, 5.74) is 0.888. The van der Waals surface area contributed by atoms with Crippen molar-refractivity contribution >= 4 is 18.0 Å². The van der Waals surface area contributed by atoms with Gasteiger partial charge < -0.3 is 19.9 Å². The van der Waals surface area contributed by atoms with Gasteiger partial charge in [-0.25, -0.2) is 4.79 Å². The van der Waals surface area contributed by atoms with Crippen molar-refractivity contribution in [1.29, 1.82) is 0 Å². The first-order chi connectivity index (χ1) is 13.1. The maximum absolute atomic E-state index is 12.3. The van der Waals surface area contributed by atoms with Crippen LogP contribution in [0.15, 0.2) is 11.6 Å². The molecule has 0 aromatic carbocycles. The fourth-order valence-electron chi connectivity index (χ4n) is 4.24. The third-order valence-corrected chi connectivity index (χ3v) is 5.84. The highest BCUT2D eigenvalue weighted by molar-refractivity contribution is 5.72. The molecule has 28 heavy (non-hydrogen) atoms. The van der Waals surface area contributed by atoms with Gasteiger partial charge in [-0.2, -0.15) is 0 Å². The Morgan fingerprint density at radius 3 is 2.46 bits per heavy atom. The molecule has 2 N–H and O–H groups in total. The number of hydrogen-bond acceptors (Lipinski definition) is 5. The molecule has 7 nitrogen and oxygen atoms in total. The Labute approximate surface area is 166 Å². The molecule has 0 bridgehead atoms. The molecular formula is C21H33NO6. The first-order valence-electron chi connectivity index (χ1n) is 10.1. The summed E-state index contributed by atoms with van der Waals surface area (Å²) in [6, 6.07) is 0. The topological polar surface area (TPSA) is 102 Å². The molecule has 0 saturated heterocycles. The number of ether oxygens (including phenoxy) is 2. The SMILES string of the molecule is CCC1=C[C@@H]2[C@H](C1)C[C@]2(CNC(=O)O[C@H](OC(=O)C(C)C)C(C)C)CC(=O)O. The minimum Gasteiger partial charge on any atom is -0.481 e. The summed E-state index contributed by atoms with van der Waals surface area (Å²) < 4.78 is 10.6. The highest BCUT2D eigenvalue weighted by Crippen LogP contribution is 2.59. The third-order valence-electron chi connectivity index (χ3n) is 5.84. The Morgan fingerprint density at radius 1 is 1.25 bits per heavy atom. The van der Waals surface area contributed by atoms with Crippen LogP contribution >= 0.6 is 0 Å². The van der Waals surface area contributed by atoms with Crippen LogP contribution in [-0.4, -0.2) is 36.0 Å². The van der Waals surface area contributed by atoms with Crippen LogP contribution in [0.1, 0.15) is 60.3 Å². The van der Waals surface area contributed by atoms with Gasteiger partial charge in [0.15, 0.2) is 0 Å². The van der Waals surface area contributed by atoms with Crippen LogP contribution in [0.5, 0.6) is 0 Å². The number of allylic oxidation sites excluding steroid dienone is 2. The van der Waals surface area contributed by atoms with Gasteiger partial charge in [-0.15, -0.1) is 0 Å². The van der Waals surface area contributed by atoms with Gasteiger partial charge in [0.2, 0.25) is 0 Å². The van der Waals surface area contributed by atoms with Crippen LogP contribution in [0.25, 0.3) is 0 Å². The van der Waals surface area contributed by atoms with E-state index in [0.717, 1.165) is 19.3 Å². The van der Waals surface area contributed by atoms with Crippen LogP contribution in [0.4, 0.5) is 4.79 Å². The van der Waals surface area contributed by atoms with Gasteiger partial charge in [0.05, 0.1) is 12.3 Å². The lowest BCUT2D eigenvalue weighted by molar-refractivity contribution is -0.179. The van der Waals surface area contributed by atoms with Gasteiger partial charge >= 0.3 is 18.0 Å². The normalized spacial score (nSPS) is 26.9. The van der Waals surface area contributed by atoms with Crippen LogP contribution in [-0.2, 0) is 19.1 Å². The lowest BCUT2D eigenvalue weighted by atomic mass is 9.53. The maximum Gasteiger partial charge on any atom is 0.410 e. The summed E-state index contributed by atoms with van der Waals surface area (Å²) in [5, 5.41) is 12.1. The molecule has 2 aliphatic carbocycles. The van der Waals surface area contributed by atoms with Crippen molar-refractivity contribution in [3.8, 4) is 0 Å². The first kappa shape index (κ1) is 22.2. The number of carboxylic acid groups (broad SMARTS) is 1. The number of fused-ring (bicyclic) bond motifs is 1. The molecule has 7 heteroatoms. The lowest BCUT2D eigenvalue weighted by Gasteiger charge is -2.51. The summed E-state index contributed by atoms with van der Waals surface area (Å²) >= 11 is 0. The van der Waals surface area contributed by atoms with Crippen molar-refractivity contribution in [2.75, 3.05) is 6.54 Å². The largest absolute Gasteiger partial charge is 0.481 e. The number of carbonyl (C=O) groups is 3. The number of alkyl carbamates (subject to hydrolysis) is 1. The number of carbonyl (C=O) groups excluding carboxylic acids is 2. The van der Waals surface area contributed by atoms with E-state index in [4.69, 9.17) is 9.47 Å². The van der Waals surface area contributed by atoms with E-state index in [1.54, 1.807) is 27.7 Å². The number of aliphatic carboxylic acids is 1. The summed E-state index contributed by atoms with van der Waals surface area (Å²) in [7, 11) is 0. The monoisotopic (exact) mass is 395 g/mol. The van der Waals surface area contributed by atoms with E-state index in [2.05, 4.69) is 18.3 Å². The molecule has 158 valence electrons. The van der Waals surface area contributed by atoms with Gasteiger partial charge in [0.1, 0.15) is 0 Å². The minimum atomic E-state index is -0.975. The molecule has 0 spiro atoms. The third kappa shape index (κ3) is 5.06. The van der Waals surface area contributed by atoms with E-state index >= 15 is 0 Å². The van der Waals surface area contributed by atoms with Gasteiger partial charge in [-0.1, -0.05) is 46.3 Å². The van der Waals surface area contributed by atoms with E-state index in [0.29, 0.717) is 5.92 Å². The average molecular weight is 395 g/mol. The second-order valence-corrected chi connectivity index (χ2v) is 8.77.